The first-order chi connectivity index (χ1) is 12.7. The van der Waals surface area contributed by atoms with Gasteiger partial charge in [0.2, 0.25) is 11.8 Å². The minimum absolute atomic E-state index is 0.0537. The van der Waals surface area contributed by atoms with Gasteiger partial charge in [0.1, 0.15) is 5.82 Å². The molecule has 1 aromatic carbocycles. The molecule has 0 fully saturated rings. The molecule has 0 radical (unpaired) electrons. The van der Waals surface area contributed by atoms with Crippen molar-refractivity contribution >= 4 is 23.6 Å². The van der Waals surface area contributed by atoms with E-state index in [0.29, 0.717) is 11.8 Å². The van der Waals surface area contributed by atoms with Crippen LogP contribution < -0.4 is 9.64 Å². The standard InChI is InChI=1S/C18H14F4N2O3/c1-18(2)10-3-9(7-25)11(19)4-13(10)24(17(18)26)14-5-16(23-6-12(14)20)27-8-15(21)22/h3-7,15H,8H2,1-2H3. The Hall–Kier alpha value is -2.97. The number of aldehydes is 1. The lowest BCUT2D eigenvalue weighted by molar-refractivity contribution is -0.121. The Morgan fingerprint density at radius 2 is 1.89 bits per heavy atom. The maximum Gasteiger partial charge on any atom is 0.272 e. The zero-order valence-electron chi connectivity index (χ0n) is 14.3. The number of pyridine rings is 1. The number of ether oxygens (including phenoxy) is 1. The maximum absolute atomic E-state index is 14.4. The van der Waals surface area contributed by atoms with Gasteiger partial charge < -0.3 is 4.74 Å². The van der Waals surface area contributed by atoms with E-state index in [4.69, 9.17) is 4.74 Å². The van der Waals surface area contributed by atoms with Crippen LogP contribution in [0.15, 0.2) is 24.4 Å². The topological polar surface area (TPSA) is 59.5 Å². The fourth-order valence-corrected chi connectivity index (χ4v) is 2.91. The van der Waals surface area contributed by atoms with Crippen molar-refractivity contribution < 1.29 is 31.9 Å². The molecule has 1 aliphatic rings. The fraction of sp³-hybridized carbons (Fsp3) is 0.278. The zero-order chi connectivity index (χ0) is 19.9. The van der Waals surface area contributed by atoms with E-state index in [1.807, 2.05) is 0 Å². The lowest BCUT2D eigenvalue weighted by atomic mass is 9.85. The molecule has 27 heavy (non-hydrogen) atoms. The molecular formula is C18H14F4N2O3. The Balaban J connectivity index is 2.13. The average molecular weight is 382 g/mol. The largest absolute Gasteiger partial charge is 0.472 e. The van der Waals surface area contributed by atoms with E-state index in [9.17, 15) is 27.2 Å². The number of anilines is 2. The number of amides is 1. The predicted octanol–water partition coefficient (Wildman–Crippen LogP) is 3.77. The Labute approximate surface area is 151 Å². The molecule has 142 valence electrons. The number of hydrogen-bond acceptors (Lipinski definition) is 4. The van der Waals surface area contributed by atoms with E-state index < -0.39 is 36.0 Å². The van der Waals surface area contributed by atoms with Crippen LogP contribution in [-0.2, 0) is 10.2 Å². The molecule has 1 aromatic heterocycles. The molecular weight excluding hydrogens is 368 g/mol. The van der Waals surface area contributed by atoms with Gasteiger partial charge in [-0.15, -0.1) is 0 Å². The van der Waals surface area contributed by atoms with E-state index in [2.05, 4.69) is 4.98 Å². The van der Waals surface area contributed by atoms with Gasteiger partial charge in [-0.1, -0.05) is 0 Å². The summed E-state index contributed by atoms with van der Waals surface area (Å²) in [5.74, 6) is -2.68. The molecule has 0 aliphatic carbocycles. The van der Waals surface area contributed by atoms with Gasteiger partial charge in [0, 0.05) is 6.07 Å². The lowest BCUT2D eigenvalue weighted by Gasteiger charge is -2.21. The van der Waals surface area contributed by atoms with Crippen molar-refractivity contribution in [2.75, 3.05) is 11.5 Å². The number of carbonyl (C=O) groups excluding carboxylic acids is 2. The van der Waals surface area contributed by atoms with Crippen LogP contribution in [0.2, 0.25) is 0 Å². The number of rotatable bonds is 5. The first-order valence-corrected chi connectivity index (χ1v) is 7.87. The van der Waals surface area contributed by atoms with Crippen molar-refractivity contribution in [3.63, 3.8) is 0 Å². The first kappa shape index (κ1) is 18.8. The van der Waals surface area contributed by atoms with Crippen LogP contribution >= 0.6 is 0 Å². The minimum atomic E-state index is -2.76. The van der Waals surface area contributed by atoms with Crippen molar-refractivity contribution in [2.24, 2.45) is 0 Å². The van der Waals surface area contributed by atoms with Gasteiger partial charge in [-0.3, -0.25) is 14.5 Å². The summed E-state index contributed by atoms with van der Waals surface area (Å²) < 4.78 is 57.9. The summed E-state index contributed by atoms with van der Waals surface area (Å²) in [5.41, 5.74) is -1.32. The molecule has 0 saturated carbocycles. The number of nitrogens with zero attached hydrogens (tertiary/aromatic N) is 2. The Morgan fingerprint density at radius 3 is 2.52 bits per heavy atom. The fourth-order valence-electron chi connectivity index (χ4n) is 2.91. The third kappa shape index (κ3) is 3.13. The quantitative estimate of drug-likeness (QED) is 0.584. The van der Waals surface area contributed by atoms with Crippen molar-refractivity contribution in [3.8, 4) is 5.88 Å². The van der Waals surface area contributed by atoms with Gasteiger partial charge >= 0.3 is 0 Å². The molecule has 0 N–H and O–H groups in total. The van der Waals surface area contributed by atoms with E-state index >= 15 is 0 Å². The SMILES string of the molecule is CC1(C)C(=O)N(c2cc(OCC(F)F)ncc2F)c2cc(F)c(C=O)cc21. The summed E-state index contributed by atoms with van der Waals surface area (Å²) in [7, 11) is 0. The van der Waals surface area contributed by atoms with Gasteiger partial charge in [-0.05, 0) is 31.5 Å². The second-order valence-corrected chi connectivity index (χ2v) is 6.45. The Kier molecular flexibility index (Phi) is 4.63. The number of aromatic nitrogens is 1. The summed E-state index contributed by atoms with van der Waals surface area (Å²) in [4.78, 5) is 28.4. The van der Waals surface area contributed by atoms with Crippen molar-refractivity contribution in [1.29, 1.82) is 0 Å². The van der Waals surface area contributed by atoms with Crippen LogP contribution in [0.4, 0.5) is 28.9 Å². The van der Waals surface area contributed by atoms with Crippen LogP contribution in [0.3, 0.4) is 0 Å². The van der Waals surface area contributed by atoms with Crippen molar-refractivity contribution in [3.05, 3.63) is 47.2 Å². The summed E-state index contributed by atoms with van der Waals surface area (Å²) in [6, 6.07) is 3.19. The van der Waals surface area contributed by atoms with Gasteiger partial charge in [0.25, 0.3) is 6.43 Å². The predicted molar refractivity (Wildman–Crippen MR) is 87.7 cm³/mol. The number of alkyl halides is 2. The van der Waals surface area contributed by atoms with Crippen LogP contribution in [0.25, 0.3) is 0 Å². The van der Waals surface area contributed by atoms with E-state index in [1.165, 1.54) is 6.07 Å². The number of halogens is 4. The van der Waals surface area contributed by atoms with Crippen LogP contribution in [-0.4, -0.2) is 30.2 Å². The zero-order valence-corrected chi connectivity index (χ0v) is 14.3. The molecule has 5 nitrogen and oxygen atoms in total. The third-order valence-electron chi connectivity index (χ3n) is 4.30. The average Bonchev–Trinajstić information content (AvgIpc) is 2.79. The van der Waals surface area contributed by atoms with Gasteiger partial charge in [0.15, 0.2) is 18.7 Å². The molecule has 0 atom stereocenters. The van der Waals surface area contributed by atoms with Crippen LogP contribution in [0, 0.1) is 11.6 Å². The lowest BCUT2D eigenvalue weighted by Crippen LogP contribution is -2.33. The number of benzene rings is 1. The summed E-state index contributed by atoms with van der Waals surface area (Å²) >= 11 is 0. The molecule has 1 amide bonds. The van der Waals surface area contributed by atoms with Crippen molar-refractivity contribution in [2.45, 2.75) is 25.7 Å². The monoisotopic (exact) mass is 382 g/mol. The normalized spacial score (nSPS) is 15.2. The van der Waals surface area contributed by atoms with Crippen molar-refractivity contribution in [1.82, 2.24) is 4.98 Å². The summed E-state index contributed by atoms with van der Waals surface area (Å²) in [5, 5.41) is 0. The number of hydrogen-bond donors (Lipinski definition) is 0. The van der Waals surface area contributed by atoms with E-state index in [0.717, 1.165) is 23.2 Å². The molecule has 0 bridgehead atoms. The molecule has 0 saturated heterocycles. The Morgan fingerprint density at radius 1 is 1.19 bits per heavy atom. The summed E-state index contributed by atoms with van der Waals surface area (Å²) in [6.07, 6.45) is -1.71. The third-order valence-corrected chi connectivity index (χ3v) is 4.30. The summed E-state index contributed by atoms with van der Waals surface area (Å²) in [6.45, 7) is 2.15. The molecule has 9 heteroatoms. The minimum Gasteiger partial charge on any atom is -0.472 e. The van der Waals surface area contributed by atoms with Gasteiger partial charge in [-0.25, -0.2) is 22.5 Å². The molecule has 0 spiro atoms. The number of carbonyl (C=O) groups is 2. The highest BCUT2D eigenvalue weighted by molar-refractivity contribution is 6.13. The van der Waals surface area contributed by atoms with Crippen LogP contribution in [0.5, 0.6) is 5.88 Å². The van der Waals surface area contributed by atoms with Gasteiger partial charge in [0.05, 0.1) is 28.6 Å². The second kappa shape index (κ2) is 6.64. The van der Waals surface area contributed by atoms with E-state index in [-0.39, 0.29) is 22.8 Å². The number of fused-ring (bicyclic) bond motifs is 1. The molecule has 2 heterocycles. The van der Waals surface area contributed by atoms with E-state index in [1.54, 1.807) is 13.8 Å². The Bertz CT molecular complexity index is 931. The molecule has 0 unspecified atom stereocenters. The first-order valence-electron chi connectivity index (χ1n) is 7.87. The molecule has 2 aromatic rings. The molecule has 3 rings (SSSR count). The molecule has 1 aliphatic heterocycles. The highest BCUT2D eigenvalue weighted by Crippen LogP contribution is 2.47. The maximum atomic E-state index is 14.4. The second-order valence-electron chi connectivity index (χ2n) is 6.45. The highest BCUT2D eigenvalue weighted by atomic mass is 19.3. The smallest absolute Gasteiger partial charge is 0.272 e. The van der Waals surface area contributed by atoms with Crippen LogP contribution in [0.1, 0.15) is 29.8 Å². The van der Waals surface area contributed by atoms with Gasteiger partial charge in [-0.2, -0.15) is 0 Å². The highest BCUT2D eigenvalue weighted by Gasteiger charge is 2.46.